The maximum atomic E-state index is 5.73. The molecule has 0 saturated carbocycles. The quantitative estimate of drug-likeness (QED) is 0.774. The van der Waals surface area contributed by atoms with Gasteiger partial charge in [-0.1, -0.05) is 13.0 Å². The van der Waals surface area contributed by atoms with Crippen LogP contribution < -0.4 is 10.1 Å². The van der Waals surface area contributed by atoms with Crippen molar-refractivity contribution in [2.75, 3.05) is 18.2 Å². The number of anilines is 1. The Morgan fingerprint density at radius 3 is 2.85 bits per heavy atom. The summed E-state index contributed by atoms with van der Waals surface area (Å²) < 4.78 is 11.3. The van der Waals surface area contributed by atoms with E-state index in [-0.39, 0.29) is 0 Å². The lowest BCUT2D eigenvalue weighted by molar-refractivity contribution is 0.317. The van der Waals surface area contributed by atoms with E-state index in [1.54, 1.807) is 11.8 Å². The summed E-state index contributed by atoms with van der Waals surface area (Å²) in [6.07, 6.45) is 3.09. The van der Waals surface area contributed by atoms with Gasteiger partial charge in [0.05, 0.1) is 18.9 Å². The molecule has 4 heteroatoms. The van der Waals surface area contributed by atoms with E-state index in [0.717, 1.165) is 41.7 Å². The molecule has 0 amide bonds. The van der Waals surface area contributed by atoms with Crippen LogP contribution in [-0.2, 0) is 12.3 Å². The topological polar surface area (TPSA) is 34.4 Å². The highest BCUT2D eigenvalue weighted by atomic mass is 32.2. The highest BCUT2D eigenvalue weighted by Crippen LogP contribution is 2.19. The molecule has 0 aliphatic carbocycles. The highest BCUT2D eigenvalue weighted by Gasteiger charge is 2.02. The summed E-state index contributed by atoms with van der Waals surface area (Å²) >= 11 is 1.76. The fourth-order valence-corrected chi connectivity index (χ4v) is 2.28. The van der Waals surface area contributed by atoms with Crippen molar-refractivity contribution in [1.29, 1.82) is 0 Å². The van der Waals surface area contributed by atoms with Gasteiger partial charge in [-0.3, -0.25) is 0 Å². The van der Waals surface area contributed by atoms with E-state index in [1.807, 2.05) is 36.4 Å². The number of nitrogens with one attached hydrogen (secondary N) is 1. The molecular weight excluding hydrogens is 270 g/mol. The number of hydrogen-bond acceptors (Lipinski definition) is 4. The largest absolute Gasteiger partial charge is 0.494 e. The molecule has 0 spiro atoms. The van der Waals surface area contributed by atoms with Crippen molar-refractivity contribution in [1.82, 2.24) is 0 Å². The average molecular weight is 291 g/mol. The van der Waals surface area contributed by atoms with Gasteiger partial charge in [-0.25, -0.2) is 0 Å². The molecule has 0 atom stereocenters. The summed E-state index contributed by atoms with van der Waals surface area (Å²) in [6.45, 7) is 3.54. The highest BCUT2D eigenvalue weighted by molar-refractivity contribution is 7.97. The molecule has 20 heavy (non-hydrogen) atoms. The van der Waals surface area contributed by atoms with E-state index in [1.165, 1.54) is 0 Å². The summed E-state index contributed by atoms with van der Waals surface area (Å²) in [7, 11) is 0. The Morgan fingerprint density at radius 1 is 1.20 bits per heavy atom. The first kappa shape index (κ1) is 14.9. The van der Waals surface area contributed by atoms with Crippen LogP contribution >= 0.6 is 11.8 Å². The maximum Gasteiger partial charge on any atom is 0.123 e. The molecule has 0 aliphatic rings. The fourth-order valence-electron chi connectivity index (χ4n) is 1.84. The molecule has 1 aromatic heterocycles. The molecule has 108 valence electrons. The predicted octanol–water partition coefficient (Wildman–Crippen LogP) is 4.54. The van der Waals surface area contributed by atoms with Crippen molar-refractivity contribution in [2.45, 2.75) is 25.6 Å². The number of thioether (sulfide) groups is 1. The van der Waals surface area contributed by atoms with Crippen LogP contribution in [0, 0.1) is 0 Å². The summed E-state index contributed by atoms with van der Waals surface area (Å²) in [6, 6.07) is 12.1. The Kier molecular flexibility index (Phi) is 5.87. The van der Waals surface area contributed by atoms with Gasteiger partial charge in [0, 0.05) is 11.8 Å². The second-order valence-electron chi connectivity index (χ2n) is 4.53. The second kappa shape index (κ2) is 7.90. The molecular formula is C16H21NO2S. The minimum absolute atomic E-state index is 0.686. The van der Waals surface area contributed by atoms with Gasteiger partial charge in [0.25, 0.3) is 0 Å². The Morgan fingerprint density at radius 2 is 2.05 bits per heavy atom. The van der Waals surface area contributed by atoms with Crippen LogP contribution in [0.15, 0.2) is 40.8 Å². The third kappa shape index (κ3) is 4.53. The van der Waals surface area contributed by atoms with Crippen LogP contribution in [0.5, 0.6) is 5.75 Å². The molecule has 3 nitrogen and oxygen atoms in total. The molecule has 1 N–H and O–H groups in total. The Bertz CT molecular complexity index is 525. The molecule has 0 aliphatic heterocycles. The van der Waals surface area contributed by atoms with Gasteiger partial charge < -0.3 is 14.5 Å². The van der Waals surface area contributed by atoms with E-state index in [4.69, 9.17) is 9.15 Å². The van der Waals surface area contributed by atoms with E-state index in [2.05, 4.69) is 18.5 Å². The van der Waals surface area contributed by atoms with Crippen molar-refractivity contribution in [3.8, 4) is 5.75 Å². The van der Waals surface area contributed by atoms with Crippen LogP contribution in [0.4, 0.5) is 5.69 Å². The van der Waals surface area contributed by atoms with Gasteiger partial charge >= 0.3 is 0 Å². The van der Waals surface area contributed by atoms with Crippen molar-refractivity contribution < 1.29 is 9.15 Å². The first-order chi connectivity index (χ1) is 9.81. The Labute approximate surface area is 124 Å². The van der Waals surface area contributed by atoms with Gasteiger partial charge in [0.15, 0.2) is 0 Å². The summed E-state index contributed by atoms with van der Waals surface area (Å²) in [5.74, 6) is 3.79. The predicted molar refractivity (Wildman–Crippen MR) is 85.5 cm³/mol. The Hall–Kier alpha value is -1.55. The average Bonchev–Trinajstić information content (AvgIpc) is 2.92. The van der Waals surface area contributed by atoms with Crippen molar-refractivity contribution in [2.24, 2.45) is 0 Å². The number of hydrogen-bond donors (Lipinski definition) is 1. The minimum atomic E-state index is 0.686. The number of ether oxygens (including phenoxy) is 1. The van der Waals surface area contributed by atoms with E-state index >= 15 is 0 Å². The fraction of sp³-hybridized carbons (Fsp3) is 0.375. The molecule has 1 aromatic carbocycles. The zero-order chi connectivity index (χ0) is 14.2. The van der Waals surface area contributed by atoms with Gasteiger partial charge in [-0.2, -0.15) is 11.8 Å². The number of benzene rings is 1. The number of rotatable bonds is 8. The molecule has 1 heterocycles. The molecule has 0 saturated heterocycles. The molecule has 0 bridgehead atoms. The maximum absolute atomic E-state index is 5.73. The van der Waals surface area contributed by atoms with Crippen molar-refractivity contribution in [3.63, 3.8) is 0 Å². The third-order valence-corrected chi connectivity index (χ3v) is 3.35. The molecule has 2 aromatic rings. The van der Waals surface area contributed by atoms with Gasteiger partial charge in [0.2, 0.25) is 0 Å². The standard InChI is InChI=1S/C16H21NO2S/c1-3-9-18-14-6-4-5-13(10-14)17-11-15-7-8-16(19-15)12-20-2/h4-8,10,17H,3,9,11-12H2,1-2H3. The molecule has 2 rings (SSSR count). The lowest BCUT2D eigenvalue weighted by atomic mass is 10.3. The first-order valence-electron chi connectivity index (χ1n) is 6.85. The van der Waals surface area contributed by atoms with Gasteiger partial charge in [0.1, 0.15) is 17.3 Å². The SMILES string of the molecule is CCCOc1cccc(NCc2ccc(CSC)o2)c1. The van der Waals surface area contributed by atoms with Crippen LogP contribution in [-0.4, -0.2) is 12.9 Å². The Balaban J connectivity index is 1.89. The summed E-state index contributed by atoms with van der Waals surface area (Å²) in [4.78, 5) is 0. The van der Waals surface area contributed by atoms with E-state index < -0.39 is 0 Å². The van der Waals surface area contributed by atoms with E-state index in [9.17, 15) is 0 Å². The second-order valence-corrected chi connectivity index (χ2v) is 5.40. The monoisotopic (exact) mass is 291 g/mol. The van der Waals surface area contributed by atoms with Crippen LogP contribution in [0.1, 0.15) is 24.9 Å². The van der Waals surface area contributed by atoms with Gasteiger partial charge in [-0.15, -0.1) is 0 Å². The summed E-state index contributed by atoms with van der Waals surface area (Å²) in [5, 5.41) is 3.35. The van der Waals surface area contributed by atoms with Crippen molar-refractivity contribution >= 4 is 17.4 Å². The third-order valence-electron chi connectivity index (χ3n) is 2.78. The molecule has 0 unspecified atom stereocenters. The van der Waals surface area contributed by atoms with Crippen LogP contribution in [0.2, 0.25) is 0 Å². The summed E-state index contributed by atoms with van der Waals surface area (Å²) in [5.41, 5.74) is 1.04. The number of furan rings is 1. The molecule has 0 radical (unpaired) electrons. The van der Waals surface area contributed by atoms with Crippen molar-refractivity contribution in [3.05, 3.63) is 47.9 Å². The molecule has 0 fully saturated rings. The zero-order valence-corrected chi connectivity index (χ0v) is 12.8. The minimum Gasteiger partial charge on any atom is -0.494 e. The lowest BCUT2D eigenvalue weighted by Gasteiger charge is -2.08. The normalized spacial score (nSPS) is 10.5. The zero-order valence-electron chi connectivity index (χ0n) is 12.0. The first-order valence-corrected chi connectivity index (χ1v) is 8.24. The van der Waals surface area contributed by atoms with Crippen LogP contribution in [0.3, 0.4) is 0 Å². The smallest absolute Gasteiger partial charge is 0.123 e. The lowest BCUT2D eigenvalue weighted by Crippen LogP contribution is -1.99. The van der Waals surface area contributed by atoms with Crippen LogP contribution in [0.25, 0.3) is 0 Å². The van der Waals surface area contributed by atoms with Gasteiger partial charge in [-0.05, 0) is 36.9 Å². The van der Waals surface area contributed by atoms with E-state index in [0.29, 0.717) is 6.54 Å².